The zero-order valence-corrected chi connectivity index (χ0v) is 15.4. The van der Waals surface area contributed by atoms with Crippen LogP contribution < -0.4 is 14.8 Å². The number of amides is 1. The summed E-state index contributed by atoms with van der Waals surface area (Å²) in [4.78, 5) is 12.2. The summed E-state index contributed by atoms with van der Waals surface area (Å²) in [5, 5.41) is 11.9. The van der Waals surface area contributed by atoms with E-state index in [-0.39, 0.29) is 12.1 Å². The van der Waals surface area contributed by atoms with E-state index in [1.54, 1.807) is 24.3 Å². The monoisotopic (exact) mass is 404 g/mol. The molecule has 0 atom stereocenters. The Morgan fingerprint density at radius 2 is 2.28 bits per heavy atom. The fourth-order valence-corrected chi connectivity index (χ4v) is 2.67. The Morgan fingerprint density at radius 3 is 2.88 bits per heavy atom. The van der Waals surface area contributed by atoms with E-state index in [0.717, 1.165) is 0 Å². The molecule has 2 aromatic rings. The standard InChI is InChI=1S/C18H17BrN2O4/c1-3-24-17-15(19)8-12(9-16(17)23-2)7-13(10-20)18(22)21-11-14-5-4-6-25-14/h4-9H,3,11H2,1-2H3,(H,21,22). The molecule has 2 rings (SSSR count). The molecule has 1 heterocycles. The smallest absolute Gasteiger partial charge is 0.262 e. The van der Waals surface area contributed by atoms with Crippen LogP contribution in [-0.2, 0) is 11.3 Å². The summed E-state index contributed by atoms with van der Waals surface area (Å²) < 4.78 is 16.7. The lowest BCUT2D eigenvalue weighted by Gasteiger charge is -2.12. The van der Waals surface area contributed by atoms with Gasteiger partial charge in [-0.2, -0.15) is 5.26 Å². The van der Waals surface area contributed by atoms with E-state index in [2.05, 4.69) is 21.2 Å². The van der Waals surface area contributed by atoms with Gasteiger partial charge in [-0.25, -0.2) is 0 Å². The fourth-order valence-electron chi connectivity index (χ4n) is 2.10. The Balaban J connectivity index is 2.22. The number of halogens is 1. The van der Waals surface area contributed by atoms with E-state index in [1.807, 2.05) is 13.0 Å². The van der Waals surface area contributed by atoms with Gasteiger partial charge in [-0.1, -0.05) is 0 Å². The average Bonchev–Trinajstić information content (AvgIpc) is 3.13. The lowest BCUT2D eigenvalue weighted by Crippen LogP contribution is -2.23. The summed E-state index contributed by atoms with van der Waals surface area (Å²) in [5.74, 6) is 1.21. The minimum Gasteiger partial charge on any atom is -0.493 e. The number of benzene rings is 1. The Morgan fingerprint density at radius 1 is 1.48 bits per heavy atom. The van der Waals surface area contributed by atoms with Crippen LogP contribution in [0.15, 0.2) is 45.0 Å². The molecular formula is C18H17BrN2O4. The predicted molar refractivity (Wildman–Crippen MR) is 96.0 cm³/mol. The highest BCUT2D eigenvalue weighted by Gasteiger charge is 2.13. The molecule has 6 nitrogen and oxygen atoms in total. The lowest BCUT2D eigenvalue weighted by molar-refractivity contribution is -0.117. The molecule has 0 aliphatic heterocycles. The van der Waals surface area contributed by atoms with Crippen molar-refractivity contribution in [2.75, 3.05) is 13.7 Å². The van der Waals surface area contributed by atoms with Crippen LogP contribution in [0.25, 0.3) is 6.08 Å². The molecule has 7 heteroatoms. The average molecular weight is 405 g/mol. The summed E-state index contributed by atoms with van der Waals surface area (Å²) in [7, 11) is 1.53. The van der Waals surface area contributed by atoms with E-state index >= 15 is 0 Å². The molecule has 0 bridgehead atoms. The normalized spacial score (nSPS) is 10.9. The number of rotatable bonds is 7. The zero-order valence-electron chi connectivity index (χ0n) is 13.8. The van der Waals surface area contributed by atoms with Crippen LogP contribution in [0, 0.1) is 11.3 Å². The van der Waals surface area contributed by atoms with Gasteiger partial charge in [-0.15, -0.1) is 0 Å². The fraction of sp³-hybridized carbons (Fsp3) is 0.222. The number of carbonyl (C=O) groups excluding carboxylic acids is 1. The molecular weight excluding hydrogens is 388 g/mol. The molecule has 1 amide bonds. The number of furan rings is 1. The van der Waals surface area contributed by atoms with Gasteiger partial charge in [-0.05, 0) is 58.8 Å². The second-order valence-corrected chi connectivity index (χ2v) is 5.75. The van der Waals surface area contributed by atoms with Gasteiger partial charge in [0.2, 0.25) is 0 Å². The van der Waals surface area contributed by atoms with Crippen molar-refractivity contribution in [3.63, 3.8) is 0 Å². The first-order valence-electron chi connectivity index (χ1n) is 7.51. The molecule has 1 aromatic heterocycles. The van der Waals surface area contributed by atoms with Crippen molar-refractivity contribution in [2.45, 2.75) is 13.5 Å². The second kappa shape index (κ2) is 8.94. The third kappa shape index (κ3) is 4.88. The number of hydrogen-bond donors (Lipinski definition) is 1. The van der Waals surface area contributed by atoms with Crippen molar-refractivity contribution in [1.29, 1.82) is 5.26 Å². The summed E-state index contributed by atoms with van der Waals surface area (Å²) in [5.41, 5.74) is 0.613. The molecule has 25 heavy (non-hydrogen) atoms. The molecule has 1 N–H and O–H groups in total. The number of ether oxygens (including phenoxy) is 2. The number of nitrogens with one attached hydrogen (secondary N) is 1. The third-order valence-electron chi connectivity index (χ3n) is 3.22. The summed E-state index contributed by atoms with van der Waals surface area (Å²) in [6, 6.07) is 8.83. The molecule has 0 fully saturated rings. The van der Waals surface area contributed by atoms with Crippen molar-refractivity contribution in [2.24, 2.45) is 0 Å². The SMILES string of the molecule is CCOc1c(Br)cc(C=C(C#N)C(=O)NCc2ccco2)cc1OC. The molecule has 0 spiro atoms. The number of hydrogen-bond acceptors (Lipinski definition) is 5. The largest absolute Gasteiger partial charge is 0.493 e. The summed E-state index contributed by atoms with van der Waals surface area (Å²) in [6.45, 7) is 2.57. The number of nitrogens with zero attached hydrogens (tertiary/aromatic N) is 1. The van der Waals surface area contributed by atoms with Crippen LogP contribution in [0.4, 0.5) is 0 Å². The molecule has 130 valence electrons. The lowest BCUT2D eigenvalue weighted by atomic mass is 10.1. The summed E-state index contributed by atoms with van der Waals surface area (Å²) >= 11 is 3.42. The Bertz CT molecular complexity index is 807. The minimum atomic E-state index is -0.483. The van der Waals surface area contributed by atoms with Crippen LogP contribution >= 0.6 is 15.9 Å². The van der Waals surface area contributed by atoms with Gasteiger partial charge < -0.3 is 19.2 Å². The van der Waals surface area contributed by atoms with Crippen molar-refractivity contribution in [3.8, 4) is 17.6 Å². The zero-order chi connectivity index (χ0) is 18.2. The van der Waals surface area contributed by atoms with Crippen LogP contribution in [0.3, 0.4) is 0 Å². The van der Waals surface area contributed by atoms with Gasteiger partial charge in [-0.3, -0.25) is 4.79 Å². The first-order chi connectivity index (χ1) is 12.1. The van der Waals surface area contributed by atoms with Gasteiger partial charge in [0.05, 0.1) is 31.0 Å². The van der Waals surface area contributed by atoms with Crippen molar-refractivity contribution in [1.82, 2.24) is 5.32 Å². The maximum absolute atomic E-state index is 12.2. The second-order valence-electron chi connectivity index (χ2n) is 4.90. The molecule has 0 saturated heterocycles. The van der Waals surface area contributed by atoms with Crippen LogP contribution in [0.2, 0.25) is 0 Å². The molecule has 0 unspecified atom stereocenters. The maximum Gasteiger partial charge on any atom is 0.262 e. The quantitative estimate of drug-likeness (QED) is 0.561. The minimum absolute atomic E-state index is 0.0235. The number of carbonyl (C=O) groups is 1. The van der Waals surface area contributed by atoms with Gasteiger partial charge in [0.1, 0.15) is 17.4 Å². The third-order valence-corrected chi connectivity index (χ3v) is 3.81. The Labute approximate surface area is 154 Å². The predicted octanol–water partition coefficient (Wildman–Crippen LogP) is 3.67. The molecule has 0 aliphatic carbocycles. The van der Waals surface area contributed by atoms with Crippen molar-refractivity contribution in [3.05, 3.63) is 51.9 Å². The number of nitriles is 1. The molecule has 0 saturated carbocycles. The van der Waals surface area contributed by atoms with Crippen LogP contribution in [0.5, 0.6) is 11.5 Å². The molecule has 0 radical (unpaired) electrons. The highest BCUT2D eigenvalue weighted by molar-refractivity contribution is 9.10. The molecule has 0 aliphatic rings. The Hall–Kier alpha value is -2.72. The van der Waals surface area contributed by atoms with E-state index < -0.39 is 5.91 Å². The topological polar surface area (TPSA) is 84.5 Å². The van der Waals surface area contributed by atoms with Gasteiger partial charge >= 0.3 is 0 Å². The summed E-state index contributed by atoms with van der Waals surface area (Å²) in [6.07, 6.45) is 3.01. The highest BCUT2D eigenvalue weighted by atomic mass is 79.9. The molecule has 1 aromatic carbocycles. The van der Waals surface area contributed by atoms with Crippen LogP contribution in [0.1, 0.15) is 18.2 Å². The highest BCUT2D eigenvalue weighted by Crippen LogP contribution is 2.37. The van der Waals surface area contributed by atoms with Crippen molar-refractivity contribution >= 4 is 27.9 Å². The van der Waals surface area contributed by atoms with E-state index in [1.165, 1.54) is 19.4 Å². The van der Waals surface area contributed by atoms with E-state index in [0.29, 0.717) is 33.9 Å². The Kier molecular flexibility index (Phi) is 6.66. The first-order valence-corrected chi connectivity index (χ1v) is 8.31. The first kappa shape index (κ1) is 18.6. The van der Waals surface area contributed by atoms with Gasteiger partial charge in [0.25, 0.3) is 5.91 Å². The van der Waals surface area contributed by atoms with Gasteiger partial charge in [0, 0.05) is 0 Å². The van der Waals surface area contributed by atoms with Crippen LogP contribution in [-0.4, -0.2) is 19.6 Å². The number of methoxy groups -OCH3 is 1. The van der Waals surface area contributed by atoms with E-state index in [9.17, 15) is 10.1 Å². The maximum atomic E-state index is 12.2. The van der Waals surface area contributed by atoms with Gasteiger partial charge in [0.15, 0.2) is 11.5 Å². The van der Waals surface area contributed by atoms with Crippen molar-refractivity contribution < 1.29 is 18.7 Å². The van der Waals surface area contributed by atoms with E-state index in [4.69, 9.17) is 13.9 Å².